The lowest BCUT2D eigenvalue weighted by Crippen LogP contribution is -2.49. The molecule has 1 fully saturated rings. The third-order valence-electron chi connectivity index (χ3n) is 3.71. The first kappa shape index (κ1) is 17.3. The number of amides is 2. The molecule has 1 heterocycles. The maximum absolute atomic E-state index is 12.2. The van der Waals surface area contributed by atoms with Crippen LogP contribution in [0.1, 0.15) is 20.8 Å². The van der Waals surface area contributed by atoms with E-state index in [1.165, 1.54) is 0 Å². The second-order valence-electron chi connectivity index (χ2n) is 5.99. The predicted octanol–water partition coefficient (Wildman–Crippen LogP) is 1.58. The van der Waals surface area contributed by atoms with Gasteiger partial charge in [-0.3, -0.25) is 14.5 Å². The first-order valence-corrected chi connectivity index (χ1v) is 7.99. The van der Waals surface area contributed by atoms with E-state index < -0.39 is 0 Å². The molecule has 1 aromatic rings. The molecule has 126 valence electrons. The van der Waals surface area contributed by atoms with Crippen LogP contribution in [0.2, 0.25) is 0 Å². The number of nitrogens with one attached hydrogen (secondary N) is 1. The molecule has 0 bridgehead atoms. The molecule has 0 aliphatic carbocycles. The van der Waals surface area contributed by atoms with Crippen LogP contribution in [0.15, 0.2) is 24.3 Å². The number of nitrogens with zero attached hydrogens (tertiary/aromatic N) is 2. The summed E-state index contributed by atoms with van der Waals surface area (Å²) >= 11 is 0. The highest BCUT2D eigenvalue weighted by atomic mass is 16.5. The van der Waals surface area contributed by atoms with Gasteiger partial charge in [0.15, 0.2) is 0 Å². The van der Waals surface area contributed by atoms with Gasteiger partial charge in [0.1, 0.15) is 5.75 Å². The summed E-state index contributed by atoms with van der Waals surface area (Å²) < 4.78 is 5.70. The number of hydrogen-bond acceptors (Lipinski definition) is 4. The average Bonchev–Trinajstić information content (AvgIpc) is 2.49. The predicted molar refractivity (Wildman–Crippen MR) is 89.5 cm³/mol. The smallest absolute Gasteiger partial charge is 0.238 e. The van der Waals surface area contributed by atoms with E-state index in [0.717, 1.165) is 13.1 Å². The van der Waals surface area contributed by atoms with Crippen LogP contribution in [0, 0.1) is 0 Å². The van der Waals surface area contributed by atoms with Crippen molar-refractivity contribution in [1.82, 2.24) is 9.80 Å². The van der Waals surface area contributed by atoms with Crippen molar-refractivity contribution in [2.75, 3.05) is 38.0 Å². The molecule has 1 aromatic carbocycles. The summed E-state index contributed by atoms with van der Waals surface area (Å²) in [7, 11) is 0. The third kappa shape index (κ3) is 5.25. The average molecular weight is 319 g/mol. The molecule has 0 radical (unpaired) electrons. The second kappa shape index (κ2) is 7.97. The maximum Gasteiger partial charge on any atom is 0.238 e. The lowest BCUT2D eigenvalue weighted by molar-refractivity contribution is -0.130. The van der Waals surface area contributed by atoms with Crippen molar-refractivity contribution in [3.8, 4) is 5.75 Å². The quantitative estimate of drug-likeness (QED) is 0.895. The topological polar surface area (TPSA) is 61.9 Å². The Labute approximate surface area is 137 Å². The fourth-order valence-electron chi connectivity index (χ4n) is 2.54. The number of hydrogen-bond donors (Lipinski definition) is 1. The summed E-state index contributed by atoms with van der Waals surface area (Å²) in [5.74, 6) is 0.701. The summed E-state index contributed by atoms with van der Waals surface area (Å²) in [4.78, 5) is 27.4. The normalized spacial score (nSPS) is 15.6. The minimum absolute atomic E-state index is 0.0488. The molecular weight excluding hydrogens is 294 g/mol. The Balaban J connectivity index is 1.87. The van der Waals surface area contributed by atoms with Crippen LogP contribution in [0.4, 0.5) is 5.69 Å². The van der Waals surface area contributed by atoms with Gasteiger partial charge in [-0.25, -0.2) is 0 Å². The molecule has 0 unspecified atom stereocenters. The zero-order chi connectivity index (χ0) is 16.8. The number of rotatable bonds is 5. The van der Waals surface area contributed by atoms with Crippen molar-refractivity contribution in [2.45, 2.75) is 26.9 Å². The Bertz CT molecular complexity index is 552. The number of carbonyl (C=O) groups is 2. The van der Waals surface area contributed by atoms with Crippen LogP contribution in [0.3, 0.4) is 0 Å². The monoisotopic (exact) mass is 319 g/mol. The van der Waals surface area contributed by atoms with Gasteiger partial charge in [-0.15, -0.1) is 0 Å². The van der Waals surface area contributed by atoms with Crippen molar-refractivity contribution in [3.05, 3.63) is 24.3 Å². The molecule has 2 rings (SSSR count). The van der Waals surface area contributed by atoms with Crippen LogP contribution in [-0.4, -0.2) is 60.4 Å². The van der Waals surface area contributed by atoms with E-state index in [1.54, 1.807) is 11.8 Å². The van der Waals surface area contributed by atoms with Crippen molar-refractivity contribution >= 4 is 17.5 Å². The van der Waals surface area contributed by atoms with Crippen LogP contribution in [-0.2, 0) is 9.59 Å². The van der Waals surface area contributed by atoms with Gasteiger partial charge < -0.3 is 15.0 Å². The lowest BCUT2D eigenvalue weighted by Gasteiger charge is -2.33. The zero-order valence-electron chi connectivity index (χ0n) is 14.0. The first-order chi connectivity index (χ1) is 11.0. The Kier molecular flexibility index (Phi) is 5.98. The molecule has 1 aliphatic heterocycles. The lowest BCUT2D eigenvalue weighted by atomic mass is 10.2. The molecule has 1 N–H and O–H groups in total. The standard InChI is InChI=1S/C17H25N3O3/c1-13(2)23-16-7-5-4-6-15(16)18-17(22)12-19-8-10-20(11-9-19)14(3)21/h4-7,13H,8-12H2,1-3H3,(H,18,22). The highest BCUT2D eigenvalue weighted by Crippen LogP contribution is 2.24. The van der Waals surface area contributed by atoms with Gasteiger partial charge >= 0.3 is 0 Å². The Hall–Kier alpha value is -2.08. The fourth-order valence-corrected chi connectivity index (χ4v) is 2.54. The highest BCUT2D eigenvalue weighted by molar-refractivity contribution is 5.93. The Morgan fingerprint density at radius 3 is 2.43 bits per heavy atom. The molecular formula is C17H25N3O3. The zero-order valence-corrected chi connectivity index (χ0v) is 14.0. The van der Waals surface area contributed by atoms with Gasteiger partial charge in [0.05, 0.1) is 18.3 Å². The van der Waals surface area contributed by atoms with Gasteiger partial charge in [-0.1, -0.05) is 12.1 Å². The van der Waals surface area contributed by atoms with Crippen LogP contribution < -0.4 is 10.1 Å². The largest absolute Gasteiger partial charge is 0.489 e. The van der Waals surface area contributed by atoms with E-state index in [1.807, 2.05) is 38.1 Å². The van der Waals surface area contributed by atoms with Gasteiger partial charge in [0, 0.05) is 33.1 Å². The van der Waals surface area contributed by atoms with E-state index in [0.29, 0.717) is 31.1 Å². The van der Waals surface area contributed by atoms with Crippen molar-refractivity contribution in [1.29, 1.82) is 0 Å². The van der Waals surface area contributed by atoms with E-state index in [9.17, 15) is 9.59 Å². The number of anilines is 1. The van der Waals surface area contributed by atoms with E-state index in [-0.39, 0.29) is 17.9 Å². The first-order valence-electron chi connectivity index (χ1n) is 7.99. The van der Waals surface area contributed by atoms with Crippen molar-refractivity contribution in [2.24, 2.45) is 0 Å². The molecule has 1 aliphatic rings. The molecule has 0 atom stereocenters. The summed E-state index contributed by atoms with van der Waals surface area (Å²) in [5, 5.41) is 2.91. The van der Waals surface area contributed by atoms with E-state index in [2.05, 4.69) is 10.2 Å². The molecule has 6 heteroatoms. The summed E-state index contributed by atoms with van der Waals surface area (Å²) in [6, 6.07) is 7.44. The van der Waals surface area contributed by atoms with Gasteiger partial charge in [0.2, 0.25) is 11.8 Å². The minimum atomic E-state index is -0.0684. The molecule has 2 amide bonds. The van der Waals surface area contributed by atoms with Crippen molar-refractivity contribution < 1.29 is 14.3 Å². The maximum atomic E-state index is 12.2. The van der Waals surface area contributed by atoms with Crippen molar-refractivity contribution in [3.63, 3.8) is 0 Å². The SMILES string of the molecule is CC(=O)N1CCN(CC(=O)Nc2ccccc2OC(C)C)CC1. The Morgan fingerprint density at radius 2 is 1.83 bits per heavy atom. The highest BCUT2D eigenvalue weighted by Gasteiger charge is 2.20. The molecule has 6 nitrogen and oxygen atoms in total. The third-order valence-corrected chi connectivity index (χ3v) is 3.71. The summed E-state index contributed by atoms with van der Waals surface area (Å²) in [5.41, 5.74) is 0.688. The van der Waals surface area contributed by atoms with Gasteiger partial charge in [0.25, 0.3) is 0 Å². The van der Waals surface area contributed by atoms with Crippen LogP contribution in [0.5, 0.6) is 5.75 Å². The number of ether oxygens (including phenoxy) is 1. The van der Waals surface area contributed by atoms with Gasteiger partial charge in [-0.2, -0.15) is 0 Å². The van der Waals surface area contributed by atoms with Crippen LogP contribution in [0.25, 0.3) is 0 Å². The molecule has 0 saturated carbocycles. The number of benzene rings is 1. The number of para-hydroxylation sites is 2. The molecule has 1 saturated heterocycles. The van der Waals surface area contributed by atoms with Crippen LogP contribution >= 0.6 is 0 Å². The fraction of sp³-hybridized carbons (Fsp3) is 0.529. The van der Waals surface area contributed by atoms with E-state index in [4.69, 9.17) is 4.74 Å². The number of carbonyl (C=O) groups excluding carboxylic acids is 2. The number of piperazine rings is 1. The Morgan fingerprint density at radius 1 is 1.17 bits per heavy atom. The second-order valence-corrected chi connectivity index (χ2v) is 5.99. The van der Waals surface area contributed by atoms with E-state index >= 15 is 0 Å². The van der Waals surface area contributed by atoms with Gasteiger partial charge in [-0.05, 0) is 26.0 Å². The molecule has 0 aromatic heterocycles. The molecule has 0 spiro atoms. The summed E-state index contributed by atoms with van der Waals surface area (Å²) in [6.07, 6.45) is 0.0488. The minimum Gasteiger partial charge on any atom is -0.489 e. The molecule has 23 heavy (non-hydrogen) atoms. The summed E-state index contributed by atoms with van der Waals surface area (Å²) in [6.45, 7) is 8.59.